The number of hydrogen-bond donors (Lipinski definition) is 1. The first-order chi connectivity index (χ1) is 15.1. The molecular weight excluding hydrogens is 403 g/mol. The second kappa shape index (κ2) is 8.35. The van der Waals surface area contributed by atoms with E-state index < -0.39 is 0 Å². The van der Waals surface area contributed by atoms with Crippen molar-refractivity contribution in [3.63, 3.8) is 0 Å². The molecule has 0 radical (unpaired) electrons. The molecule has 2 aliphatic heterocycles. The molecule has 2 aromatic carbocycles. The number of benzene rings is 2. The molecule has 160 valence electrons. The molecule has 3 aromatic rings. The zero-order valence-electron chi connectivity index (χ0n) is 16.7. The molecule has 0 saturated carbocycles. The molecule has 0 spiro atoms. The Labute approximate surface area is 178 Å². The highest BCUT2D eigenvalue weighted by atomic mass is 19.1. The van der Waals surface area contributed by atoms with Crippen LogP contribution in [0.5, 0.6) is 11.5 Å². The van der Waals surface area contributed by atoms with Gasteiger partial charge in [-0.3, -0.25) is 9.69 Å². The molecule has 31 heavy (non-hydrogen) atoms. The summed E-state index contributed by atoms with van der Waals surface area (Å²) in [6.07, 6.45) is 1.64. The number of nitrogens with zero attached hydrogens (tertiary/aromatic N) is 3. The second-order valence-corrected chi connectivity index (χ2v) is 7.62. The molecule has 5 rings (SSSR count). The molecule has 2 aliphatic rings. The molecule has 9 heteroatoms. The molecule has 1 fully saturated rings. The topological polar surface area (TPSA) is 89.7 Å². The summed E-state index contributed by atoms with van der Waals surface area (Å²) in [7, 11) is 0. The van der Waals surface area contributed by atoms with Gasteiger partial charge < -0.3 is 19.2 Å². The van der Waals surface area contributed by atoms with Gasteiger partial charge in [0.25, 0.3) is 0 Å². The van der Waals surface area contributed by atoms with Gasteiger partial charge in [-0.15, -0.1) is 10.2 Å². The summed E-state index contributed by atoms with van der Waals surface area (Å²) in [6.45, 7) is 2.03. The first-order valence-corrected chi connectivity index (χ1v) is 10.2. The van der Waals surface area contributed by atoms with Crippen molar-refractivity contribution in [2.24, 2.45) is 0 Å². The van der Waals surface area contributed by atoms with Crippen LogP contribution in [0.3, 0.4) is 0 Å². The summed E-state index contributed by atoms with van der Waals surface area (Å²) < 4.78 is 29.5. The Hall–Kier alpha value is -3.46. The van der Waals surface area contributed by atoms with Crippen LogP contribution in [0.1, 0.15) is 24.7 Å². The lowest BCUT2D eigenvalue weighted by Crippen LogP contribution is -2.38. The highest BCUT2D eigenvalue weighted by Crippen LogP contribution is 2.34. The number of fused-ring (bicyclic) bond motifs is 1. The Morgan fingerprint density at radius 1 is 1.06 bits per heavy atom. The normalized spacial score (nSPS) is 16.4. The largest absolute Gasteiger partial charge is 0.454 e. The number of ether oxygens (including phenoxy) is 2. The van der Waals surface area contributed by atoms with Gasteiger partial charge in [-0.05, 0) is 62.3 Å². The van der Waals surface area contributed by atoms with Crippen LogP contribution in [-0.4, -0.2) is 47.4 Å². The minimum Gasteiger partial charge on any atom is -0.454 e. The van der Waals surface area contributed by atoms with E-state index in [1.807, 2.05) is 0 Å². The van der Waals surface area contributed by atoms with E-state index in [0.29, 0.717) is 41.1 Å². The molecule has 1 aromatic heterocycles. The van der Waals surface area contributed by atoms with Gasteiger partial charge in [-0.1, -0.05) is 0 Å². The van der Waals surface area contributed by atoms with Crippen LogP contribution in [0.2, 0.25) is 0 Å². The first-order valence-electron chi connectivity index (χ1n) is 10.2. The van der Waals surface area contributed by atoms with E-state index in [2.05, 4.69) is 20.4 Å². The molecule has 0 aliphatic carbocycles. The van der Waals surface area contributed by atoms with Crippen LogP contribution in [0.25, 0.3) is 11.5 Å². The number of hydrogen-bond acceptors (Lipinski definition) is 7. The third kappa shape index (κ3) is 4.36. The van der Waals surface area contributed by atoms with Gasteiger partial charge in [0.2, 0.25) is 24.5 Å². The highest BCUT2D eigenvalue weighted by molar-refractivity contribution is 5.92. The third-order valence-corrected chi connectivity index (χ3v) is 5.49. The number of aromatic nitrogens is 2. The van der Waals surface area contributed by atoms with E-state index in [4.69, 9.17) is 13.9 Å². The second-order valence-electron chi connectivity index (χ2n) is 7.62. The number of likely N-dealkylation sites (tertiary alicyclic amines) is 1. The fraction of sp³-hybridized carbons (Fsp3) is 0.318. The van der Waals surface area contributed by atoms with Crippen molar-refractivity contribution in [2.75, 3.05) is 31.7 Å². The summed E-state index contributed by atoms with van der Waals surface area (Å²) in [5.41, 5.74) is 1.38. The third-order valence-electron chi connectivity index (χ3n) is 5.49. The monoisotopic (exact) mass is 424 g/mol. The minimum absolute atomic E-state index is 0.0753. The lowest BCUT2D eigenvalue weighted by atomic mass is 9.97. The van der Waals surface area contributed by atoms with E-state index >= 15 is 0 Å². The van der Waals surface area contributed by atoms with Crippen LogP contribution in [-0.2, 0) is 4.79 Å². The maximum Gasteiger partial charge on any atom is 0.247 e. The number of rotatable bonds is 5. The lowest BCUT2D eigenvalue weighted by molar-refractivity contribution is -0.117. The van der Waals surface area contributed by atoms with E-state index in [-0.39, 0.29) is 24.4 Å². The summed E-state index contributed by atoms with van der Waals surface area (Å²) in [6, 6.07) is 11.3. The van der Waals surface area contributed by atoms with Crippen molar-refractivity contribution in [1.29, 1.82) is 0 Å². The maximum absolute atomic E-state index is 13.1. The van der Waals surface area contributed by atoms with Crippen LogP contribution >= 0.6 is 0 Å². The molecule has 0 unspecified atom stereocenters. The predicted molar refractivity (Wildman–Crippen MR) is 109 cm³/mol. The van der Waals surface area contributed by atoms with Crippen molar-refractivity contribution in [2.45, 2.75) is 18.8 Å². The molecular formula is C22H21FN4O4. The number of amides is 1. The number of halogens is 1. The van der Waals surface area contributed by atoms with E-state index in [1.165, 1.54) is 12.1 Å². The average Bonchev–Trinajstić information content (AvgIpc) is 3.44. The molecule has 1 amide bonds. The SMILES string of the molecule is O=C(CN1CCC(c2nnc(-c3ccc(F)cc3)o2)CC1)Nc1ccc2c(c1)OCO2. The van der Waals surface area contributed by atoms with Crippen LogP contribution < -0.4 is 14.8 Å². The van der Waals surface area contributed by atoms with Gasteiger partial charge in [0.15, 0.2) is 11.5 Å². The summed E-state index contributed by atoms with van der Waals surface area (Å²) >= 11 is 0. The Morgan fingerprint density at radius 3 is 2.65 bits per heavy atom. The molecule has 1 N–H and O–H groups in total. The molecule has 1 saturated heterocycles. The van der Waals surface area contributed by atoms with E-state index in [1.54, 1.807) is 30.3 Å². The highest BCUT2D eigenvalue weighted by Gasteiger charge is 2.26. The number of carbonyl (C=O) groups excluding carboxylic acids is 1. The quantitative estimate of drug-likeness (QED) is 0.671. The number of nitrogens with one attached hydrogen (secondary N) is 1. The summed E-state index contributed by atoms with van der Waals surface area (Å²) in [5, 5.41) is 11.2. The molecule has 0 atom stereocenters. The van der Waals surface area contributed by atoms with Crippen molar-refractivity contribution < 1.29 is 23.1 Å². The van der Waals surface area contributed by atoms with E-state index in [9.17, 15) is 9.18 Å². The van der Waals surface area contributed by atoms with Gasteiger partial charge in [-0.25, -0.2) is 4.39 Å². The summed E-state index contributed by atoms with van der Waals surface area (Å²) in [4.78, 5) is 14.5. The van der Waals surface area contributed by atoms with E-state index in [0.717, 1.165) is 25.9 Å². The number of piperidine rings is 1. The lowest BCUT2D eigenvalue weighted by Gasteiger charge is -2.29. The standard InChI is InChI=1S/C22H21FN4O4/c23-16-3-1-14(2-4-16)21-25-26-22(31-21)15-7-9-27(10-8-15)12-20(28)24-17-5-6-18-19(11-17)30-13-29-18/h1-6,11,15H,7-10,12-13H2,(H,24,28). The average molecular weight is 424 g/mol. The minimum atomic E-state index is -0.307. The maximum atomic E-state index is 13.1. The van der Waals surface area contributed by atoms with Crippen molar-refractivity contribution in [3.05, 3.63) is 54.2 Å². The van der Waals surface area contributed by atoms with Gasteiger partial charge >= 0.3 is 0 Å². The number of carbonyl (C=O) groups is 1. The van der Waals surface area contributed by atoms with Crippen molar-refractivity contribution >= 4 is 11.6 Å². The fourth-order valence-electron chi connectivity index (χ4n) is 3.82. The molecule has 0 bridgehead atoms. The predicted octanol–water partition coefficient (Wildman–Crippen LogP) is 3.42. The Kier molecular flexibility index (Phi) is 5.25. The van der Waals surface area contributed by atoms with Crippen LogP contribution in [0.4, 0.5) is 10.1 Å². The molecule has 8 nitrogen and oxygen atoms in total. The Balaban J connectivity index is 1.13. The van der Waals surface area contributed by atoms with Crippen molar-refractivity contribution in [3.8, 4) is 23.0 Å². The zero-order valence-corrected chi connectivity index (χ0v) is 16.7. The molecule has 3 heterocycles. The Morgan fingerprint density at radius 2 is 1.84 bits per heavy atom. The van der Waals surface area contributed by atoms with Gasteiger partial charge in [0.1, 0.15) is 5.82 Å². The summed E-state index contributed by atoms with van der Waals surface area (Å²) in [5.74, 6) is 2.06. The van der Waals surface area contributed by atoms with Gasteiger partial charge in [0, 0.05) is 23.2 Å². The van der Waals surface area contributed by atoms with Crippen LogP contribution in [0, 0.1) is 5.82 Å². The smallest absolute Gasteiger partial charge is 0.247 e. The Bertz CT molecular complexity index is 1080. The first kappa shape index (κ1) is 19.5. The van der Waals surface area contributed by atoms with Gasteiger partial charge in [0.05, 0.1) is 6.54 Å². The zero-order chi connectivity index (χ0) is 21.2. The fourth-order valence-corrected chi connectivity index (χ4v) is 3.82. The van der Waals surface area contributed by atoms with Gasteiger partial charge in [-0.2, -0.15) is 0 Å². The van der Waals surface area contributed by atoms with Crippen molar-refractivity contribution in [1.82, 2.24) is 15.1 Å². The van der Waals surface area contributed by atoms with Crippen LogP contribution in [0.15, 0.2) is 46.9 Å². The number of anilines is 1.